The molecule has 0 radical (unpaired) electrons. The lowest BCUT2D eigenvalue weighted by molar-refractivity contribution is 0.115. The minimum Gasteiger partial charge on any atom is -0.497 e. The number of fused-ring (bicyclic) bond motifs is 2. The van der Waals surface area contributed by atoms with Crippen molar-refractivity contribution in [2.45, 2.75) is 25.4 Å². The van der Waals surface area contributed by atoms with Gasteiger partial charge in [0.1, 0.15) is 35.6 Å². The van der Waals surface area contributed by atoms with Crippen molar-refractivity contribution in [3.05, 3.63) is 84.1 Å². The zero-order valence-electron chi connectivity index (χ0n) is 21.5. The number of anilines is 2. The standard InChI is InChI=1S/C30H30FN5O2/c1-36-11-9-22(10-12-36)38-28-16-23(37-2)15-27-29(28)30(34-18-33-27)35-21-7-8-26-24(14-21)20(17-32-26)13-19-5-3-4-6-25(19)31/h3-8,14-18,22,32H,9-13H2,1-2H3,(H,33,34,35). The van der Waals surface area contributed by atoms with Gasteiger partial charge in [-0.25, -0.2) is 14.4 Å². The molecule has 1 aliphatic rings. The fourth-order valence-electron chi connectivity index (χ4n) is 5.10. The van der Waals surface area contributed by atoms with Crippen molar-refractivity contribution in [1.82, 2.24) is 19.9 Å². The second-order valence-electron chi connectivity index (χ2n) is 9.83. The van der Waals surface area contributed by atoms with Gasteiger partial charge < -0.3 is 24.7 Å². The molecule has 0 spiro atoms. The molecule has 0 atom stereocenters. The van der Waals surface area contributed by atoms with Crippen LogP contribution in [0.25, 0.3) is 21.8 Å². The summed E-state index contributed by atoms with van der Waals surface area (Å²) in [4.78, 5) is 14.7. The van der Waals surface area contributed by atoms with Crippen LogP contribution in [0.3, 0.4) is 0 Å². The minimum absolute atomic E-state index is 0.117. The van der Waals surface area contributed by atoms with E-state index in [1.807, 2.05) is 42.6 Å². The Morgan fingerprint density at radius 2 is 1.89 bits per heavy atom. The molecule has 8 heteroatoms. The Kier molecular flexibility index (Phi) is 6.55. The highest BCUT2D eigenvalue weighted by atomic mass is 19.1. The van der Waals surface area contributed by atoms with E-state index in [0.29, 0.717) is 29.3 Å². The highest BCUT2D eigenvalue weighted by molar-refractivity contribution is 5.97. The topological polar surface area (TPSA) is 75.3 Å². The fraction of sp³-hybridized carbons (Fsp3) is 0.267. The molecule has 0 bridgehead atoms. The molecule has 194 valence electrons. The zero-order chi connectivity index (χ0) is 26.1. The summed E-state index contributed by atoms with van der Waals surface area (Å²) in [5, 5.41) is 5.33. The largest absolute Gasteiger partial charge is 0.497 e. The maximum absolute atomic E-state index is 14.3. The molecule has 3 heterocycles. The predicted octanol–water partition coefficient (Wildman–Crippen LogP) is 6.07. The van der Waals surface area contributed by atoms with Gasteiger partial charge in [-0.3, -0.25) is 0 Å². The van der Waals surface area contributed by atoms with Crippen LogP contribution in [-0.4, -0.2) is 53.2 Å². The fourth-order valence-corrected chi connectivity index (χ4v) is 5.10. The van der Waals surface area contributed by atoms with E-state index in [4.69, 9.17) is 9.47 Å². The first-order chi connectivity index (χ1) is 18.6. The van der Waals surface area contributed by atoms with Crippen LogP contribution in [0, 0.1) is 5.82 Å². The van der Waals surface area contributed by atoms with E-state index in [2.05, 4.69) is 38.3 Å². The van der Waals surface area contributed by atoms with Crippen LogP contribution in [-0.2, 0) is 6.42 Å². The van der Waals surface area contributed by atoms with E-state index < -0.39 is 0 Å². The number of hydrogen-bond donors (Lipinski definition) is 2. The van der Waals surface area contributed by atoms with Gasteiger partial charge in [0, 0.05) is 54.4 Å². The molecular weight excluding hydrogens is 481 g/mol. The number of nitrogens with one attached hydrogen (secondary N) is 2. The third-order valence-corrected chi connectivity index (χ3v) is 7.24. The lowest BCUT2D eigenvalue weighted by atomic mass is 10.0. The van der Waals surface area contributed by atoms with Gasteiger partial charge in [-0.1, -0.05) is 18.2 Å². The third-order valence-electron chi connectivity index (χ3n) is 7.24. The summed E-state index contributed by atoms with van der Waals surface area (Å²) >= 11 is 0. The first kappa shape index (κ1) is 24.2. The number of likely N-dealkylation sites (tertiary alicyclic amines) is 1. The van der Waals surface area contributed by atoms with Crippen LogP contribution in [0.2, 0.25) is 0 Å². The van der Waals surface area contributed by atoms with E-state index in [1.165, 1.54) is 6.07 Å². The summed E-state index contributed by atoms with van der Waals surface area (Å²) in [7, 11) is 3.78. The monoisotopic (exact) mass is 511 g/mol. The van der Waals surface area contributed by atoms with Crippen molar-refractivity contribution >= 4 is 33.3 Å². The smallest absolute Gasteiger partial charge is 0.145 e. The highest BCUT2D eigenvalue weighted by Gasteiger charge is 2.21. The summed E-state index contributed by atoms with van der Waals surface area (Å²) < 4.78 is 26.4. The molecule has 1 fully saturated rings. The molecule has 1 saturated heterocycles. The number of aromatic nitrogens is 3. The normalized spacial score (nSPS) is 14.7. The number of halogens is 1. The first-order valence-corrected chi connectivity index (χ1v) is 12.9. The molecule has 5 aromatic rings. The van der Waals surface area contributed by atoms with Crippen molar-refractivity contribution in [2.75, 3.05) is 32.6 Å². The van der Waals surface area contributed by atoms with Crippen molar-refractivity contribution in [3.63, 3.8) is 0 Å². The van der Waals surface area contributed by atoms with Crippen LogP contribution >= 0.6 is 0 Å². The molecule has 38 heavy (non-hydrogen) atoms. The average Bonchev–Trinajstić information content (AvgIpc) is 3.33. The number of hydrogen-bond acceptors (Lipinski definition) is 6. The number of rotatable bonds is 7. The highest BCUT2D eigenvalue weighted by Crippen LogP contribution is 2.37. The van der Waals surface area contributed by atoms with Crippen LogP contribution in [0.5, 0.6) is 11.5 Å². The summed E-state index contributed by atoms with van der Waals surface area (Å²) in [6.45, 7) is 2.00. The van der Waals surface area contributed by atoms with Gasteiger partial charge in [-0.05, 0) is 55.3 Å². The molecule has 0 amide bonds. The lowest BCUT2D eigenvalue weighted by Gasteiger charge is -2.29. The number of nitrogens with zero attached hydrogens (tertiary/aromatic N) is 3. The lowest BCUT2D eigenvalue weighted by Crippen LogP contribution is -2.35. The Morgan fingerprint density at radius 1 is 1.05 bits per heavy atom. The van der Waals surface area contributed by atoms with Gasteiger partial charge in [0.05, 0.1) is 18.0 Å². The molecule has 6 rings (SSSR count). The second-order valence-corrected chi connectivity index (χ2v) is 9.83. The van der Waals surface area contributed by atoms with Gasteiger partial charge in [0.2, 0.25) is 0 Å². The van der Waals surface area contributed by atoms with Crippen LogP contribution < -0.4 is 14.8 Å². The Balaban J connectivity index is 1.35. The number of H-pyrrole nitrogens is 1. The molecule has 0 saturated carbocycles. The van der Waals surface area contributed by atoms with Gasteiger partial charge in [0.15, 0.2) is 0 Å². The third kappa shape index (κ3) is 4.87. The van der Waals surface area contributed by atoms with Crippen molar-refractivity contribution < 1.29 is 13.9 Å². The van der Waals surface area contributed by atoms with Gasteiger partial charge in [0.25, 0.3) is 0 Å². The molecule has 0 unspecified atom stereocenters. The maximum Gasteiger partial charge on any atom is 0.145 e. The predicted molar refractivity (Wildman–Crippen MR) is 148 cm³/mol. The Morgan fingerprint density at radius 3 is 2.71 bits per heavy atom. The van der Waals surface area contributed by atoms with Crippen molar-refractivity contribution in [2.24, 2.45) is 0 Å². The van der Waals surface area contributed by atoms with E-state index in [9.17, 15) is 4.39 Å². The minimum atomic E-state index is -0.198. The van der Waals surface area contributed by atoms with Crippen LogP contribution in [0.15, 0.2) is 67.1 Å². The Bertz CT molecular complexity index is 1590. The average molecular weight is 512 g/mol. The van der Waals surface area contributed by atoms with Gasteiger partial charge in [-0.15, -0.1) is 0 Å². The van der Waals surface area contributed by atoms with Crippen LogP contribution in [0.4, 0.5) is 15.9 Å². The summed E-state index contributed by atoms with van der Waals surface area (Å²) in [6.07, 6.45) is 6.02. The first-order valence-electron chi connectivity index (χ1n) is 12.9. The summed E-state index contributed by atoms with van der Waals surface area (Å²) in [5.74, 6) is 1.86. The van der Waals surface area contributed by atoms with E-state index in [0.717, 1.165) is 59.0 Å². The van der Waals surface area contributed by atoms with E-state index in [1.54, 1.807) is 19.5 Å². The quantitative estimate of drug-likeness (QED) is 0.276. The number of ether oxygens (including phenoxy) is 2. The van der Waals surface area contributed by atoms with Gasteiger partial charge in [-0.2, -0.15) is 0 Å². The molecule has 3 aromatic carbocycles. The second kappa shape index (κ2) is 10.3. The van der Waals surface area contributed by atoms with Gasteiger partial charge >= 0.3 is 0 Å². The number of benzene rings is 3. The Hall–Kier alpha value is -4.17. The molecule has 7 nitrogen and oxygen atoms in total. The Labute approximate surface area is 220 Å². The van der Waals surface area contributed by atoms with Crippen LogP contribution in [0.1, 0.15) is 24.0 Å². The number of aromatic amines is 1. The number of methoxy groups -OCH3 is 1. The molecule has 2 N–H and O–H groups in total. The van der Waals surface area contributed by atoms with E-state index in [-0.39, 0.29) is 11.9 Å². The summed E-state index contributed by atoms with van der Waals surface area (Å²) in [5.41, 5.74) is 4.29. The molecular formula is C30H30FN5O2. The zero-order valence-corrected chi connectivity index (χ0v) is 21.5. The number of piperidine rings is 1. The maximum atomic E-state index is 14.3. The molecule has 0 aliphatic carbocycles. The van der Waals surface area contributed by atoms with Crippen molar-refractivity contribution in [1.29, 1.82) is 0 Å². The molecule has 2 aromatic heterocycles. The van der Waals surface area contributed by atoms with Crippen molar-refractivity contribution in [3.8, 4) is 11.5 Å². The summed E-state index contributed by atoms with van der Waals surface area (Å²) in [6, 6.07) is 16.8. The SMILES string of the molecule is COc1cc(OC2CCN(C)CC2)c2c(Nc3ccc4[nH]cc(Cc5ccccc5F)c4c3)ncnc2c1. The molecule has 1 aliphatic heterocycles. The van der Waals surface area contributed by atoms with E-state index >= 15 is 0 Å².